The second-order valence-electron chi connectivity index (χ2n) is 9.15. The van der Waals surface area contributed by atoms with E-state index >= 15 is 0 Å². The Morgan fingerprint density at radius 2 is 2.00 bits per heavy atom. The fraction of sp³-hybridized carbons (Fsp3) is 0.542. The Kier molecular flexibility index (Phi) is 6.12. The van der Waals surface area contributed by atoms with Gasteiger partial charge in [0.05, 0.1) is 11.6 Å². The molecule has 3 heterocycles. The Hall–Kier alpha value is -2.70. The van der Waals surface area contributed by atoms with E-state index in [1.165, 1.54) is 12.1 Å². The first-order valence-electron chi connectivity index (χ1n) is 11.2. The van der Waals surface area contributed by atoms with Gasteiger partial charge >= 0.3 is 0 Å². The van der Waals surface area contributed by atoms with E-state index in [1.807, 2.05) is 29.0 Å². The Morgan fingerprint density at radius 3 is 2.65 bits per heavy atom. The predicted octanol–water partition coefficient (Wildman–Crippen LogP) is 3.43. The largest absolute Gasteiger partial charge is 0.343 e. The van der Waals surface area contributed by atoms with Gasteiger partial charge in [-0.05, 0) is 62.3 Å². The van der Waals surface area contributed by atoms with Crippen LogP contribution in [0.2, 0.25) is 0 Å². The molecule has 2 aliphatic rings. The minimum atomic E-state index is -0.606. The van der Waals surface area contributed by atoms with Crippen molar-refractivity contribution < 1.29 is 14.0 Å². The van der Waals surface area contributed by atoms with Gasteiger partial charge in [-0.25, -0.2) is 4.39 Å². The van der Waals surface area contributed by atoms with Gasteiger partial charge in [-0.3, -0.25) is 14.7 Å². The van der Waals surface area contributed by atoms with E-state index in [0.29, 0.717) is 38.9 Å². The zero-order valence-electron chi connectivity index (χ0n) is 18.4. The normalized spacial score (nSPS) is 21.2. The van der Waals surface area contributed by atoms with Crippen LogP contribution < -0.4 is 0 Å². The number of hydrogen-bond donors (Lipinski definition) is 1. The number of likely N-dealkylation sites (tertiary alicyclic amines) is 2. The van der Waals surface area contributed by atoms with E-state index in [-0.39, 0.29) is 23.5 Å². The van der Waals surface area contributed by atoms with Crippen LogP contribution in [0.3, 0.4) is 0 Å². The van der Waals surface area contributed by atoms with Crippen LogP contribution in [0, 0.1) is 18.2 Å². The van der Waals surface area contributed by atoms with Gasteiger partial charge in [0, 0.05) is 44.7 Å². The van der Waals surface area contributed by atoms with Gasteiger partial charge in [0.1, 0.15) is 5.82 Å². The molecule has 2 aromatic rings. The predicted molar refractivity (Wildman–Crippen MR) is 116 cm³/mol. The van der Waals surface area contributed by atoms with Crippen LogP contribution in [-0.4, -0.2) is 58.0 Å². The molecule has 2 amide bonds. The summed E-state index contributed by atoms with van der Waals surface area (Å²) in [5.41, 5.74) is 2.47. The van der Waals surface area contributed by atoms with Crippen LogP contribution in [0.25, 0.3) is 0 Å². The number of aromatic nitrogens is 2. The summed E-state index contributed by atoms with van der Waals surface area (Å²) in [4.78, 5) is 29.6. The number of halogens is 1. The molecular formula is C24H31FN4O2. The van der Waals surface area contributed by atoms with Crippen molar-refractivity contribution in [2.75, 3.05) is 26.2 Å². The molecule has 6 nitrogen and oxygen atoms in total. The minimum absolute atomic E-state index is 0.0413. The van der Waals surface area contributed by atoms with Crippen molar-refractivity contribution in [2.24, 2.45) is 5.41 Å². The van der Waals surface area contributed by atoms with Crippen molar-refractivity contribution in [2.45, 2.75) is 51.9 Å². The third kappa shape index (κ3) is 4.50. The van der Waals surface area contributed by atoms with Gasteiger partial charge in [-0.2, -0.15) is 5.10 Å². The van der Waals surface area contributed by atoms with Crippen molar-refractivity contribution in [1.82, 2.24) is 20.0 Å². The topological polar surface area (TPSA) is 69.3 Å². The molecule has 0 bridgehead atoms. The molecule has 1 atom stereocenters. The summed E-state index contributed by atoms with van der Waals surface area (Å²) in [5, 5.41) is 7.27. The molecule has 1 aromatic carbocycles. The molecule has 7 heteroatoms. The van der Waals surface area contributed by atoms with Crippen LogP contribution in [-0.2, 0) is 16.0 Å². The minimum Gasteiger partial charge on any atom is -0.343 e. The van der Waals surface area contributed by atoms with Crippen LogP contribution >= 0.6 is 0 Å². The Bertz CT molecular complexity index is 949. The number of H-pyrrole nitrogens is 1. The monoisotopic (exact) mass is 426 g/mol. The fourth-order valence-corrected chi connectivity index (χ4v) is 5.26. The van der Waals surface area contributed by atoms with Gasteiger partial charge in [0.25, 0.3) is 0 Å². The van der Waals surface area contributed by atoms with E-state index in [2.05, 4.69) is 10.2 Å². The lowest BCUT2D eigenvalue weighted by Gasteiger charge is -2.45. The summed E-state index contributed by atoms with van der Waals surface area (Å²) < 4.78 is 13.9. The van der Waals surface area contributed by atoms with Gasteiger partial charge in [0.2, 0.25) is 11.8 Å². The summed E-state index contributed by atoms with van der Waals surface area (Å²) in [7, 11) is 0. The molecule has 0 radical (unpaired) electrons. The second kappa shape index (κ2) is 8.81. The number of benzene rings is 1. The number of piperidine rings is 2. The molecule has 166 valence electrons. The molecule has 4 rings (SSSR count). The van der Waals surface area contributed by atoms with Crippen LogP contribution in [0.5, 0.6) is 0 Å². The summed E-state index contributed by atoms with van der Waals surface area (Å²) in [6, 6.07) is 6.55. The molecule has 0 aliphatic carbocycles. The quantitative estimate of drug-likeness (QED) is 0.814. The van der Waals surface area contributed by atoms with Gasteiger partial charge in [-0.1, -0.05) is 12.1 Å². The first-order valence-corrected chi connectivity index (χ1v) is 11.2. The zero-order valence-corrected chi connectivity index (χ0v) is 18.4. The van der Waals surface area contributed by atoms with E-state index in [0.717, 1.165) is 36.2 Å². The first-order chi connectivity index (χ1) is 14.9. The lowest BCUT2D eigenvalue weighted by Crippen LogP contribution is -2.53. The highest BCUT2D eigenvalue weighted by atomic mass is 19.1. The average Bonchev–Trinajstić information content (AvgIpc) is 3.19. The van der Waals surface area contributed by atoms with Crippen molar-refractivity contribution in [3.63, 3.8) is 0 Å². The van der Waals surface area contributed by atoms with Gasteiger partial charge < -0.3 is 9.80 Å². The van der Waals surface area contributed by atoms with Crippen molar-refractivity contribution >= 4 is 11.8 Å². The number of aryl methyl sites for hydroxylation is 1. The SMILES string of the molecule is CC(=O)N1CCC(Cc2cccc(F)c2)(C(=O)N2CCC[C@@H](c3[nH]ncc3C)C2)CC1. The highest BCUT2D eigenvalue weighted by Gasteiger charge is 2.45. The lowest BCUT2D eigenvalue weighted by atomic mass is 9.72. The Morgan fingerprint density at radius 1 is 1.23 bits per heavy atom. The first kappa shape index (κ1) is 21.5. The van der Waals surface area contributed by atoms with Crippen molar-refractivity contribution in [3.05, 3.63) is 53.1 Å². The van der Waals surface area contributed by atoms with E-state index in [1.54, 1.807) is 13.0 Å². The third-order valence-corrected chi connectivity index (χ3v) is 7.04. The molecule has 1 aromatic heterocycles. The number of carbonyl (C=O) groups excluding carboxylic acids is 2. The van der Waals surface area contributed by atoms with Gasteiger partial charge in [-0.15, -0.1) is 0 Å². The zero-order chi connectivity index (χ0) is 22.0. The molecule has 0 saturated carbocycles. The number of amides is 2. The summed E-state index contributed by atoms with van der Waals surface area (Å²) in [5.74, 6) is 0.152. The summed E-state index contributed by atoms with van der Waals surface area (Å²) >= 11 is 0. The van der Waals surface area contributed by atoms with Crippen molar-refractivity contribution in [1.29, 1.82) is 0 Å². The molecule has 31 heavy (non-hydrogen) atoms. The lowest BCUT2D eigenvalue weighted by molar-refractivity contribution is -0.149. The number of nitrogens with zero attached hydrogens (tertiary/aromatic N) is 3. The fourth-order valence-electron chi connectivity index (χ4n) is 5.26. The van der Waals surface area contributed by atoms with Crippen molar-refractivity contribution in [3.8, 4) is 0 Å². The third-order valence-electron chi connectivity index (χ3n) is 7.04. The van der Waals surface area contributed by atoms with Crippen LogP contribution in [0.15, 0.2) is 30.5 Å². The second-order valence-corrected chi connectivity index (χ2v) is 9.15. The molecule has 0 spiro atoms. The highest BCUT2D eigenvalue weighted by molar-refractivity contribution is 5.84. The maximum Gasteiger partial charge on any atom is 0.229 e. The molecular weight excluding hydrogens is 395 g/mol. The maximum atomic E-state index is 13.9. The highest BCUT2D eigenvalue weighted by Crippen LogP contribution is 2.39. The van der Waals surface area contributed by atoms with E-state index < -0.39 is 5.41 Å². The molecule has 2 aliphatic heterocycles. The maximum absolute atomic E-state index is 13.9. The number of hydrogen-bond acceptors (Lipinski definition) is 3. The Labute approximate surface area is 182 Å². The molecule has 2 saturated heterocycles. The van der Waals surface area contributed by atoms with Crippen LogP contribution in [0.1, 0.15) is 55.3 Å². The number of rotatable bonds is 4. The smallest absolute Gasteiger partial charge is 0.229 e. The van der Waals surface area contributed by atoms with Gasteiger partial charge in [0.15, 0.2) is 0 Å². The number of nitrogens with one attached hydrogen (secondary N) is 1. The molecule has 0 unspecified atom stereocenters. The standard InChI is InChI=1S/C24H31FN4O2/c1-17-15-26-27-22(17)20-6-4-10-29(16-20)23(31)24(8-11-28(12-9-24)18(2)30)14-19-5-3-7-21(25)13-19/h3,5,7,13,15,20H,4,6,8-12,14,16H2,1-2H3,(H,26,27)/t20-/m1/s1. The summed E-state index contributed by atoms with van der Waals surface area (Å²) in [6.07, 6.45) is 5.52. The number of aromatic amines is 1. The average molecular weight is 427 g/mol. The molecule has 2 fully saturated rings. The van der Waals surface area contributed by atoms with E-state index in [4.69, 9.17) is 0 Å². The Balaban J connectivity index is 1.57. The molecule has 1 N–H and O–H groups in total. The van der Waals surface area contributed by atoms with Crippen LogP contribution in [0.4, 0.5) is 4.39 Å². The van der Waals surface area contributed by atoms with E-state index in [9.17, 15) is 14.0 Å². The summed E-state index contributed by atoms with van der Waals surface area (Å²) in [6.45, 7) is 6.15. The number of carbonyl (C=O) groups is 2.